The summed E-state index contributed by atoms with van der Waals surface area (Å²) in [4.78, 5) is 17.2. The van der Waals surface area contributed by atoms with E-state index >= 15 is 0 Å². The summed E-state index contributed by atoms with van der Waals surface area (Å²) in [5.74, 6) is 2.29. The van der Waals surface area contributed by atoms with E-state index in [0.29, 0.717) is 23.4 Å². The fourth-order valence-corrected chi connectivity index (χ4v) is 3.08. The zero-order valence-corrected chi connectivity index (χ0v) is 11.9. The predicted molar refractivity (Wildman–Crippen MR) is 79.2 cm³/mol. The molecule has 1 fully saturated rings. The summed E-state index contributed by atoms with van der Waals surface area (Å²) in [6, 6.07) is 3.04. The van der Waals surface area contributed by atoms with Crippen molar-refractivity contribution < 1.29 is 4.92 Å². The summed E-state index contributed by atoms with van der Waals surface area (Å²) in [6.07, 6.45) is 0. The monoisotopic (exact) mass is 282 g/mol. The Hall–Kier alpha value is -1.50. The number of nitro groups is 1. The van der Waals surface area contributed by atoms with Crippen LogP contribution in [0.25, 0.3) is 0 Å². The van der Waals surface area contributed by atoms with E-state index in [-0.39, 0.29) is 10.6 Å². The third kappa shape index (κ3) is 3.50. The molecular formula is C12H18N4O2S. The van der Waals surface area contributed by atoms with Crippen LogP contribution in [0, 0.1) is 10.1 Å². The fraction of sp³-hybridized carbons (Fsp3) is 0.583. The van der Waals surface area contributed by atoms with E-state index in [1.807, 2.05) is 18.7 Å². The van der Waals surface area contributed by atoms with Crippen molar-refractivity contribution in [2.45, 2.75) is 19.1 Å². The minimum absolute atomic E-state index is 0.0897. The molecule has 0 bridgehead atoms. The lowest BCUT2D eigenvalue weighted by Gasteiger charge is -2.31. The Morgan fingerprint density at radius 1 is 1.63 bits per heavy atom. The van der Waals surface area contributed by atoms with Crippen LogP contribution in [0.2, 0.25) is 0 Å². The Morgan fingerprint density at radius 2 is 2.42 bits per heavy atom. The predicted octanol–water partition coefficient (Wildman–Crippen LogP) is 2.36. The van der Waals surface area contributed by atoms with Gasteiger partial charge in [-0.15, -0.1) is 0 Å². The molecule has 1 saturated heterocycles. The Labute approximate surface area is 116 Å². The Morgan fingerprint density at radius 3 is 3.05 bits per heavy atom. The van der Waals surface area contributed by atoms with Crippen LogP contribution in [-0.2, 0) is 0 Å². The van der Waals surface area contributed by atoms with Gasteiger partial charge in [0, 0.05) is 30.6 Å². The van der Waals surface area contributed by atoms with Crippen LogP contribution in [0.1, 0.15) is 13.8 Å². The maximum atomic E-state index is 11.0. The first-order valence-corrected chi connectivity index (χ1v) is 7.42. The summed E-state index contributed by atoms with van der Waals surface area (Å²) in [5.41, 5.74) is 0.0897. The minimum Gasteiger partial charge on any atom is -0.370 e. The Balaban J connectivity index is 2.29. The molecule has 1 unspecified atom stereocenters. The molecule has 0 radical (unpaired) electrons. The van der Waals surface area contributed by atoms with Gasteiger partial charge in [0.05, 0.1) is 17.1 Å². The van der Waals surface area contributed by atoms with Crippen molar-refractivity contribution in [1.82, 2.24) is 4.98 Å². The molecule has 2 heterocycles. The number of thioether (sulfide) groups is 1. The first-order valence-electron chi connectivity index (χ1n) is 6.37. The van der Waals surface area contributed by atoms with Gasteiger partial charge in [-0.2, -0.15) is 11.8 Å². The summed E-state index contributed by atoms with van der Waals surface area (Å²) < 4.78 is 0. The van der Waals surface area contributed by atoms with E-state index < -0.39 is 0 Å². The average Bonchev–Trinajstić information content (AvgIpc) is 2.38. The highest BCUT2D eigenvalue weighted by molar-refractivity contribution is 8.00. The van der Waals surface area contributed by atoms with Gasteiger partial charge < -0.3 is 10.2 Å². The lowest BCUT2D eigenvalue weighted by Crippen LogP contribution is -2.37. The normalized spacial score (nSPS) is 19.3. The highest BCUT2D eigenvalue weighted by atomic mass is 32.2. The quantitative estimate of drug-likeness (QED) is 0.675. The van der Waals surface area contributed by atoms with Gasteiger partial charge in [0.1, 0.15) is 11.6 Å². The van der Waals surface area contributed by atoms with Crippen LogP contribution in [0.15, 0.2) is 12.1 Å². The summed E-state index contributed by atoms with van der Waals surface area (Å²) in [6.45, 7) is 6.57. The van der Waals surface area contributed by atoms with E-state index in [9.17, 15) is 10.1 Å². The maximum absolute atomic E-state index is 11.0. The van der Waals surface area contributed by atoms with Gasteiger partial charge in [-0.05, 0) is 6.92 Å². The first kappa shape index (κ1) is 13.9. The van der Waals surface area contributed by atoms with Crippen molar-refractivity contribution in [2.75, 3.05) is 35.6 Å². The second-order valence-corrected chi connectivity index (χ2v) is 6.03. The van der Waals surface area contributed by atoms with E-state index in [1.165, 1.54) is 6.07 Å². The van der Waals surface area contributed by atoms with Gasteiger partial charge in [0.2, 0.25) is 0 Å². The van der Waals surface area contributed by atoms with Crippen molar-refractivity contribution in [3.8, 4) is 0 Å². The van der Waals surface area contributed by atoms with Gasteiger partial charge in [-0.3, -0.25) is 10.1 Å². The van der Waals surface area contributed by atoms with Gasteiger partial charge >= 0.3 is 0 Å². The van der Waals surface area contributed by atoms with E-state index in [0.717, 1.165) is 18.8 Å². The number of rotatable bonds is 4. The van der Waals surface area contributed by atoms with Gasteiger partial charge in [-0.1, -0.05) is 6.92 Å². The zero-order chi connectivity index (χ0) is 13.8. The van der Waals surface area contributed by atoms with Crippen LogP contribution in [0.4, 0.5) is 17.3 Å². The average molecular weight is 282 g/mol. The Kier molecular flexibility index (Phi) is 4.47. The topological polar surface area (TPSA) is 71.3 Å². The number of nitrogens with one attached hydrogen (secondary N) is 1. The van der Waals surface area contributed by atoms with Gasteiger partial charge in [0.15, 0.2) is 0 Å². The molecule has 19 heavy (non-hydrogen) atoms. The molecular weight excluding hydrogens is 264 g/mol. The molecule has 6 nitrogen and oxygen atoms in total. The van der Waals surface area contributed by atoms with E-state index in [4.69, 9.17) is 0 Å². The van der Waals surface area contributed by atoms with Crippen molar-refractivity contribution in [1.29, 1.82) is 0 Å². The van der Waals surface area contributed by atoms with Gasteiger partial charge in [-0.25, -0.2) is 4.98 Å². The third-order valence-electron chi connectivity index (χ3n) is 2.93. The van der Waals surface area contributed by atoms with Crippen LogP contribution in [0.5, 0.6) is 0 Å². The smallest absolute Gasteiger partial charge is 0.276 e. The van der Waals surface area contributed by atoms with Crippen LogP contribution >= 0.6 is 11.8 Å². The molecule has 7 heteroatoms. The lowest BCUT2D eigenvalue weighted by atomic mass is 10.3. The molecule has 1 aromatic heterocycles. The Bertz CT molecular complexity index is 469. The summed E-state index contributed by atoms with van der Waals surface area (Å²) in [7, 11) is 0. The molecule has 1 aliphatic heterocycles. The zero-order valence-electron chi connectivity index (χ0n) is 11.1. The molecule has 1 N–H and O–H groups in total. The number of hydrogen-bond acceptors (Lipinski definition) is 6. The molecule has 1 aliphatic rings. The number of pyridine rings is 1. The maximum Gasteiger partial charge on any atom is 0.276 e. The molecule has 1 atom stereocenters. The summed E-state index contributed by atoms with van der Waals surface area (Å²) >= 11 is 1.92. The molecule has 0 spiro atoms. The SMILES string of the molecule is CCNc1cc([N+](=O)[O-])cc(N2CCSC(C)C2)n1. The molecule has 0 aliphatic carbocycles. The molecule has 2 rings (SSSR count). The van der Waals surface area contributed by atoms with E-state index in [1.54, 1.807) is 6.07 Å². The molecule has 0 amide bonds. The number of nitrogens with zero attached hydrogens (tertiary/aromatic N) is 3. The first-order chi connectivity index (χ1) is 9.10. The fourth-order valence-electron chi connectivity index (χ4n) is 2.07. The lowest BCUT2D eigenvalue weighted by molar-refractivity contribution is -0.384. The highest BCUT2D eigenvalue weighted by Crippen LogP contribution is 2.27. The van der Waals surface area contributed by atoms with Crippen molar-refractivity contribution in [2.24, 2.45) is 0 Å². The molecule has 0 aromatic carbocycles. The number of aromatic nitrogens is 1. The number of anilines is 2. The largest absolute Gasteiger partial charge is 0.370 e. The minimum atomic E-state index is -0.367. The van der Waals surface area contributed by atoms with Crippen molar-refractivity contribution in [3.63, 3.8) is 0 Å². The van der Waals surface area contributed by atoms with Gasteiger partial charge in [0.25, 0.3) is 5.69 Å². The molecule has 104 valence electrons. The number of hydrogen-bond donors (Lipinski definition) is 1. The van der Waals surface area contributed by atoms with Crippen LogP contribution < -0.4 is 10.2 Å². The second kappa shape index (κ2) is 6.10. The standard InChI is InChI=1S/C12H18N4O2S/c1-3-13-11-6-10(16(17)18)7-12(14-11)15-4-5-19-9(2)8-15/h6-7,9H,3-5,8H2,1-2H3,(H,13,14). The molecule has 1 aromatic rings. The van der Waals surface area contributed by atoms with Crippen molar-refractivity contribution >= 4 is 29.1 Å². The van der Waals surface area contributed by atoms with Crippen LogP contribution in [0.3, 0.4) is 0 Å². The highest BCUT2D eigenvalue weighted by Gasteiger charge is 2.21. The third-order valence-corrected chi connectivity index (χ3v) is 4.07. The summed E-state index contributed by atoms with van der Waals surface area (Å²) in [5, 5.41) is 14.6. The second-order valence-electron chi connectivity index (χ2n) is 4.48. The van der Waals surface area contributed by atoms with E-state index in [2.05, 4.69) is 22.1 Å². The molecule has 0 saturated carbocycles. The van der Waals surface area contributed by atoms with Crippen LogP contribution in [-0.4, -0.2) is 40.5 Å². The van der Waals surface area contributed by atoms with Crippen molar-refractivity contribution in [3.05, 3.63) is 22.2 Å².